The maximum absolute atomic E-state index is 11.8. The summed E-state index contributed by atoms with van der Waals surface area (Å²) in [5.41, 5.74) is 0.710. The van der Waals surface area contributed by atoms with Crippen LogP contribution >= 0.6 is 11.6 Å². The zero-order chi connectivity index (χ0) is 14.7. The van der Waals surface area contributed by atoms with Crippen molar-refractivity contribution in [3.05, 3.63) is 35.2 Å². The Morgan fingerprint density at radius 1 is 1.40 bits per heavy atom. The second kappa shape index (κ2) is 6.05. The summed E-state index contributed by atoms with van der Waals surface area (Å²) in [4.78, 5) is 17.6. The van der Waals surface area contributed by atoms with Crippen molar-refractivity contribution >= 4 is 17.5 Å². The molecule has 1 aromatic carbocycles. The van der Waals surface area contributed by atoms with Crippen LogP contribution in [0.15, 0.2) is 28.8 Å². The molecule has 0 N–H and O–H groups in total. The molecule has 0 spiro atoms. The minimum absolute atomic E-state index is 0.0301. The third-order valence-corrected chi connectivity index (χ3v) is 3.15. The van der Waals surface area contributed by atoms with Gasteiger partial charge in [-0.1, -0.05) is 42.7 Å². The number of carbonyl (C=O) groups excluding carboxylic acids is 1. The molecule has 0 aliphatic carbocycles. The predicted octanol–water partition coefficient (Wildman–Crippen LogP) is 3.00. The molecule has 1 heterocycles. The number of hydrogen-bond acceptors (Lipinski definition) is 4. The summed E-state index contributed by atoms with van der Waals surface area (Å²) in [5, 5.41) is 4.46. The number of carbonyl (C=O) groups is 1. The summed E-state index contributed by atoms with van der Waals surface area (Å²) in [6.07, 6.45) is 0. The molecule has 2 rings (SSSR count). The van der Waals surface area contributed by atoms with E-state index >= 15 is 0 Å². The first-order valence-corrected chi connectivity index (χ1v) is 6.69. The second-order valence-electron chi connectivity index (χ2n) is 4.84. The van der Waals surface area contributed by atoms with Gasteiger partial charge in [0.25, 0.3) is 0 Å². The SMILES string of the molecule is CC(C)C(=O)N(C)Cc1nc(-c2ccccc2Cl)no1. The van der Waals surface area contributed by atoms with E-state index in [4.69, 9.17) is 16.1 Å². The molecular weight excluding hydrogens is 278 g/mol. The molecule has 1 aromatic heterocycles. The molecule has 0 atom stereocenters. The minimum atomic E-state index is -0.0639. The minimum Gasteiger partial charge on any atom is -0.337 e. The van der Waals surface area contributed by atoms with E-state index in [1.807, 2.05) is 32.0 Å². The van der Waals surface area contributed by atoms with Crippen molar-refractivity contribution in [3.8, 4) is 11.4 Å². The molecule has 0 fully saturated rings. The highest BCUT2D eigenvalue weighted by Crippen LogP contribution is 2.25. The molecule has 0 saturated carbocycles. The normalized spacial score (nSPS) is 10.8. The van der Waals surface area contributed by atoms with Gasteiger partial charge in [0.15, 0.2) is 0 Å². The Labute approximate surface area is 122 Å². The smallest absolute Gasteiger partial charge is 0.246 e. The van der Waals surface area contributed by atoms with Gasteiger partial charge in [-0.15, -0.1) is 0 Å². The lowest BCUT2D eigenvalue weighted by Crippen LogP contribution is -2.30. The fourth-order valence-corrected chi connectivity index (χ4v) is 2.01. The predicted molar refractivity (Wildman–Crippen MR) is 76.1 cm³/mol. The van der Waals surface area contributed by atoms with Crippen LogP contribution in [-0.2, 0) is 11.3 Å². The van der Waals surface area contributed by atoms with Crippen molar-refractivity contribution in [3.63, 3.8) is 0 Å². The van der Waals surface area contributed by atoms with E-state index in [0.717, 1.165) is 0 Å². The largest absolute Gasteiger partial charge is 0.337 e. The van der Waals surface area contributed by atoms with Gasteiger partial charge in [0.1, 0.15) is 0 Å². The number of aromatic nitrogens is 2. The highest BCUT2D eigenvalue weighted by molar-refractivity contribution is 6.33. The van der Waals surface area contributed by atoms with Crippen molar-refractivity contribution in [1.29, 1.82) is 0 Å². The Hall–Kier alpha value is -1.88. The number of amides is 1. The maximum Gasteiger partial charge on any atom is 0.246 e. The molecule has 106 valence electrons. The lowest BCUT2D eigenvalue weighted by molar-refractivity contribution is -0.133. The first-order valence-electron chi connectivity index (χ1n) is 6.31. The summed E-state index contributed by atoms with van der Waals surface area (Å²) < 4.78 is 5.16. The molecule has 0 saturated heterocycles. The summed E-state index contributed by atoms with van der Waals surface area (Å²) in [6.45, 7) is 3.98. The first kappa shape index (κ1) is 14.5. The molecular formula is C14H16ClN3O2. The highest BCUT2D eigenvalue weighted by atomic mass is 35.5. The molecule has 1 amide bonds. The molecule has 0 aliphatic rings. The van der Waals surface area contributed by atoms with Crippen molar-refractivity contribution in [2.24, 2.45) is 5.92 Å². The Kier molecular flexibility index (Phi) is 4.39. The van der Waals surface area contributed by atoms with Gasteiger partial charge in [-0.25, -0.2) is 0 Å². The third kappa shape index (κ3) is 3.17. The summed E-state index contributed by atoms with van der Waals surface area (Å²) in [6, 6.07) is 7.27. The number of hydrogen-bond donors (Lipinski definition) is 0. The average Bonchev–Trinajstić information content (AvgIpc) is 2.86. The highest BCUT2D eigenvalue weighted by Gasteiger charge is 2.17. The van der Waals surface area contributed by atoms with E-state index in [1.54, 1.807) is 18.0 Å². The van der Waals surface area contributed by atoms with Gasteiger partial charge in [0.05, 0.1) is 11.6 Å². The van der Waals surface area contributed by atoms with E-state index in [1.165, 1.54) is 0 Å². The fourth-order valence-electron chi connectivity index (χ4n) is 1.79. The lowest BCUT2D eigenvalue weighted by atomic mass is 10.2. The van der Waals surface area contributed by atoms with E-state index in [9.17, 15) is 4.79 Å². The Bertz CT molecular complexity index is 610. The number of benzene rings is 1. The average molecular weight is 294 g/mol. The zero-order valence-electron chi connectivity index (χ0n) is 11.6. The molecule has 6 heteroatoms. The fraction of sp³-hybridized carbons (Fsp3) is 0.357. The molecule has 20 heavy (non-hydrogen) atoms. The van der Waals surface area contributed by atoms with Gasteiger partial charge >= 0.3 is 0 Å². The zero-order valence-corrected chi connectivity index (χ0v) is 12.4. The summed E-state index contributed by atoms with van der Waals surface area (Å²) in [5.74, 6) is 0.779. The quantitative estimate of drug-likeness (QED) is 0.869. The van der Waals surface area contributed by atoms with Crippen LogP contribution in [-0.4, -0.2) is 28.0 Å². The second-order valence-corrected chi connectivity index (χ2v) is 5.25. The van der Waals surface area contributed by atoms with E-state index in [-0.39, 0.29) is 18.4 Å². The van der Waals surface area contributed by atoms with Crippen LogP contribution in [0.4, 0.5) is 0 Å². The third-order valence-electron chi connectivity index (χ3n) is 2.83. The van der Waals surface area contributed by atoms with Gasteiger partial charge in [-0.05, 0) is 12.1 Å². The van der Waals surface area contributed by atoms with Crippen LogP contribution in [0, 0.1) is 5.92 Å². The monoisotopic (exact) mass is 293 g/mol. The Balaban J connectivity index is 2.14. The molecule has 0 bridgehead atoms. The number of rotatable bonds is 4. The molecule has 5 nitrogen and oxygen atoms in total. The lowest BCUT2D eigenvalue weighted by Gasteiger charge is -2.16. The van der Waals surface area contributed by atoms with Gasteiger partial charge in [-0.3, -0.25) is 4.79 Å². The Morgan fingerprint density at radius 3 is 2.75 bits per heavy atom. The Morgan fingerprint density at radius 2 is 2.10 bits per heavy atom. The molecule has 2 aromatic rings. The van der Waals surface area contributed by atoms with Gasteiger partial charge in [0, 0.05) is 18.5 Å². The van der Waals surface area contributed by atoms with Crippen LogP contribution in [0.1, 0.15) is 19.7 Å². The van der Waals surface area contributed by atoms with Gasteiger partial charge in [-0.2, -0.15) is 4.98 Å². The van der Waals surface area contributed by atoms with Gasteiger partial charge < -0.3 is 9.42 Å². The van der Waals surface area contributed by atoms with Crippen LogP contribution in [0.25, 0.3) is 11.4 Å². The summed E-state index contributed by atoms with van der Waals surface area (Å²) >= 11 is 6.08. The first-order chi connectivity index (χ1) is 9.49. The molecule has 0 radical (unpaired) electrons. The van der Waals surface area contributed by atoms with Crippen molar-refractivity contribution in [2.75, 3.05) is 7.05 Å². The van der Waals surface area contributed by atoms with Crippen LogP contribution < -0.4 is 0 Å². The standard InChI is InChI=1S/C14H16ClN3O2/c1-9(2)14(19)18(3)8-12-16-13(17-20-12)10-6-4-5-7-11(10)15/h4-7,9H,8H2,1-3H3. The van der Waals surface area contributed by atoms with Crippen LogP contribution in [0.5, 0.6) is 0 Å². The summed E-state index contributed by atoms with van der Waals surface area (Å²) in [7, 11) is 1.71. The van der Waals surface area contributed by atoms with Gasteiger partial charge in [0.2, 0.25) is 17.6 Å². The van der Waals surface area contributed by atoms with E-state index < -0.39 is 0 Å². The topological polar surface area (TPSA) is 59.2 Å². The van der Waals surface area contributed by atoms with Crippen LogP contribution in [0.3, 0.4) is 0 Å². The van der Waals surface area contributed by atoms with Crippen molar-refractivity contribution in [1.82, 2.24) is 15.0 Å². The van der Waals surface area contributed by atoms with Crippen LogP contribution in [0.2, 0.25) is 5.02 Å². The van der Waals surface area contributed by atoms with Crippen molar-refractivity contribution in [2.45, 2.75) is 20.4 Å². The van der Waals surface area contributed by atoms with E-state index in [0.29, 0.717) is 22.3 Å². The number of nitrogens with zero attached hydrogens (tertiary/aromatic N) is 3. The maximum atomic E-state index is 11.8. The molecule has 0 aliphatic heterocycles. The van der Waals surface area contributed by atoms with Crippen molar-refractivity contribution < 1.29 is 9.32 Å². The van der Waals surface area contributed by atoms with E-state index in [2.05, 4.69) is 10.1 Å². The number of halogens is 1. The molecule has 0 unspecified atom stereocenters.